The number of hydrogen-bond donors (Lipinski definition) is 2. The third kappa shape index (κ3) is 4.74. The number of rotatable bonds is 6. The summed E-state index contributed by atoms with van der Waals surface area (Å²) in [6.45, 7) is -0.541. The zero-order chi connectivity index (χ0) is 23.4. The van der Waals surface area contributed by atoms with E-state index in [0.717, 1.165) is 6.07 Å². The lowest BCUT2D eigenvalue weighted by Gasteiger charge is -2.08. The monoisotopic (exact) mass is 451 g/mol. The molecule has 33 heavy (non-hydrogen) atoms. The van der Waals surface area contributed by atoms with E-state index in [1.807, 2.05) is 30.3 Å². The second-order valence-electron chi connectivity index (χ2n) is 6.87. The Bertz CT molecular complexity index is 1310. The van der Waals surface area contributed by atoms with Crippen LogP contribution in [0.15, 0.2) is 73.2 Å². The molecule has 0 aliphatic rings. The van der Waals surface area contributed by atoms with Gasteiger partial charge in [-0.2, -0.15) is 5.10 Å². The van der Waals surface area contributed by atoms with Gasteiger partial charge in [0.1, 0.15) is 5.69 Å². The van der Waals surface area contributed by atoms with Gasteiger partial charge in [-0.25, -0.2) is 17.9 Å². The van der Waals surface area contributed by atoms with Crippen molar-refractivity contribution in [3.8, 4) is 16.9 Å². The lowest BCUT2D eigenvalue weighted by atomic mass is 10.1. The summed E-state index contributed by atoms with van der Waals surface area (Å²) >= 11 is 0. The van der Waals surface area contributed by atoms with Crippen molar-refractivity contribution >= 4 is 17.5 Å². The topological polar surface area (TPSA) is 88.9 Å². The molecular formula is C23H16F3N5O2. The Morgan fingerprint density at radius 1 is 0.939 bits per heavy atom. The first-order chi connectivity index (χ1) is 15.9. The van der Waals surface area contributed by atoms with E-state index in [-0.39, 0.29) is 5.56 Å². The third-order valence-corrected chi connectivity index (χ3v) is 4.63. The predicted molar refractivity (Wildman–Crippen MR) is 114 cm³/mol. The Labute approximate surface area is 185 Å². The van der Waals surface area contributed by atoms with Gasteiger partial charge in [0.2, 0.25) is 5.91 Å². The minimum atomic E-state index is -1.70. The molecule has 2 amide bonds. The summed E-state index contributed by atoms with van der Waals surface area (Å²) in [6, 6.07) is 14.1. The smallest absolute Gasteiger partial charge is 0.255 e. The molecule has 2 aromatic carbocycles. The van der Waals surface area contributed by atoms with Gasteiger partial charge in [-0.1, -0.05) is 18.2 Å². The minimum absolute atomic E-state index is 0.179. The van der Waals surface area contributed by atoms with Crippen molar-refractivity contribution in [3.05, 3.63) is 96.2 Å². The van der Waals surface area contributed by atoms with Crippen LogP contribution in [0.25, 0.3) is 16.9 Å². The number of para-hydroxylation sites is 1. The maximum absolute atomic E-state index is 13.8. The van der Waals surface area contributed by atoms with Crippen LogP contribution in [0.2, 0.25) is 0 Å². The number of nitrogens with one attached hydrogen (secondary N) is 2. The number of carbonyl (C=O) groups is 2. The number of amides is 2. The van der Waals surface area contributed by atoms with E-state index >= 15 is 0 Å². The number of anilines is 1. The van der Waals surface area contributed by atoms with Crippen LogP contribution in [-0.2, 0) is 4.79 Å². The molecule has 166 valence electrons. The summed E-state index contributed by atoms with van der Waals surface area (Å²) in [5.74, 6) is -6.05. The van der Waals surface area contributed by atoms with Crippen molar-refractivity contribution in [2.75, 3.05) is 11.9 Å². The van der Waals surface area contributed by atoms with Crippen LogP contribution in [0, 0.1) is 17.5 Å². The van der Waals surface area contributed by atoms with Crippen molar-refractivity contribution in [2.45, 2.75) is 0 Å². The molecule has 0 unspecified atom stereocenters. The van der Waals surface area contributed by atoms with Crippen LogP contribution >= 0.6 is 0 Å². The number of halogens is 3. The van der Waals surface area contributed by atoms with Crippen molar-refractivity contribution < 1.29 is 22.8 Å². The number of hydrogen-bond acceptors (Lipinski definition) is 4. The Morgan fingerprint density at radius 3 is 2.45 bits per heavy atom. The van der Waals surface area contributed by atoms with E-state index in [0.29, 0.717) is 23.0 Å². The summed E-state index contributed by atoms with van der Waals surface area (Å²) < 4.78 is 41.7. The Balaban J connectivity index is 1.53. The molecule has 0 saturated carbocycles. The number of aromatic nitrogens is 3. The first-order valence-electron chi connectivity index (χ1n) is 9.71. The SMILES string of the molecule is O=C(CNC(=O)c1cn(-c2ccccc2)nc1-c1cccnc1)Nc1ccc(F)c(F)c1F. The van der Waals surface area contributed by atoms with Crippen molar-refractivity contribution in [2.24, 2.45) is 0 Å². The molecule has 0 aliphatic heterocycles. The molecule has 0 atom stereocenters. The molecule has 0 radical (unpaired) electrons. The normalized spacial score (nSPS) is 10.6. The van der Waals surface area contributed by atoms with Gasteiger partial charge in [-0.15, -0.1) is 0 Å². The highest BCUT2D eigenvalue weighted by Crippen LogP contribution is 2.23. The molecule has 4 rings (SSSR count). The summed E-state index contributed by atoms with van der Waals surface area (Å²) in [5, 5.41) is 9.01. The molecule has 0 aliphatic carbocycles. The molecule has 7 nitrogen and oxygen atoms in total. The van der Waals surface area contributed by atoms with Crippen LogP contribution in [0.4, 0.5) is 18.9 Å². The summed E-state index contributed by atoms with van der Waals surface area (Å²) in [6.07, 6.45) is 4.64. The van der Waals surface area contributed by atoms with Crippen LogP contribution in [0.3, 0.4) is 0 Å². The van der Waals surface area contributed by atoms with Crippen LogP contribution in [-0.4, -0.2) is 33.1 Å². The quantitative estimate of drug-likeness (QED) is 0.438. The lowest BCUT2D eigenvalue weighted by Crippen LogP contribution is -2.33. The fraction of sp³-hybridized carbons (Fsp3) is 0.0435. The van der Waals surface area contributed by atoms with Crippen LogP contribution in [0.5, 0.6) is 0 Å². The van der Waals surface area contributed by atoms with Gasteiger partial charge >= 0.3 is 0 Å². The van der Waals surface area contributed by atoms with Crippen molar-refractivity contribution in [1.29, 1.82) is 0 Å². The van der Waals surface area contributed by atoms with Gasteiger partial charge in [0.25, 0.3) is 5.91 Å². The molecule has 2 N–H and O–H groups in total. The van der Waals surface area contributed by atoms with E-state index in [2.05, 4.69) is 20.7 Å². The lowest BCUT2D eigenvalue weighted by molar-refractivity contribution is -0.115. The van der Waals surface area contributed by atoms with Gasteiger partial charge in [-0.3, -0.25) is 14.6 Å². The maximum Gasteiger partial charge on any atom is 0.255 e. The molecular weight excluding hydrogens is 435 g/mol. The van der Waals surface area contributed by atoms with E-state index in [1.165, 1.54) is 10.9 Å². The highest BCUT2D eigenvalue weighted by Gasteiger charge is 2.20. The second-order valence-corrected chi connectivity index (χ2v) is 6.87. The van der Waals surface area contributed by atoms with Gasteiger partial charge in [-0.05, 0) is 36.4 Å². The van der Waals surface area contributed by atoms with Crippen LogP contribution < -0.4 is 10.6 Å². The molecule has 2 heterocycles. The highest BCUT2D eigenvalue weighted by molar-refractivity contribution is 6.02. The number of pyridine rings is 1. The zero-order valence-corrected chi connectivity index (χ0v) is 16.9. The average Bonchev–Trinajstić information content (AvgIpc) is 3.30. The van der Waals surface area contributed by atoms with E-state index in [9.17, 15) is 22.8 Å². The van der Waals surface area contributed by atoms with Crippen molar-refractivity contribution in [1.82, 2.24) is 20.1 Å². The molecule has 0 fully saturated rings. The van der Waals surface area contributed by atoms with Gasteiger partial charge in [0.05, 0.1) is 23.5 Å². The molecule has 4 aromatic rings. The zero-order valence-electron chi connectivity index (χ0n) is 16.9. The van der Waals surface area contributed by atoms with E-state index < -0.39 is 41.5 Å². The number of benzene rings is 2. The summed E-state index contributed by atoms with van der Waals surface area (Å²) in [7, 11) is 0. The first-order valence-corrected chi connectivity index (χ1v) is 9.71. The Kier molecular flexibility index (Phi) is 6.16. The maximum atomic E-state index is 13.8. The van der Waals surface area contributed by atoms with Gasteiger partial charge in [0, 0.05) is 24.2 Å². The predicted octanol–water partition coefficient (Wildman–Crippen LogP) is 3.72. The number of carbonyl (C=O) groups excluding carboxylic acids is 2. The first kappa shape index (κ1) is 21.8. The minimum Gasteiger partial charge on any atom is -0.343 e. The van der Waals surface area contributed by atoms with Gasteiger partial charge < -0.3 is 10.6 Å². The third-order valence-electron chi connectivity index (χ3n) is 4.63. The molecule has 0 bridgehead atoms. The second kappa shape index (κ2) is 9.35. The largest absolute Gasteiger partial charge is 0.343 e. The summed E-state index contributed by atoms with van der Waals surface area (Å²) in [5.41, 5.74) is 1.29. The molecule has 0 spiro atoms. The van der Waals surface area contributed by atoms with E-state index in [1.54, 1.807) is 24.5 Å². The van der Waals surface area contributed by atoms with Gasteiger partial charge in [0.15, 0.2) is 17.5 Å². The Hall–Kier alpha value is -4.47. The average molecular weight is 451 g/mol. The molecule has 10 heteroatoms. The fourth-order valence-corrected chi connectivity index (χ4v) is 3.04. The molecule has 2 aromatic heterocycles. The highest BCUT2D eigenvalue weighted by atomic mass is 19.2. The van der Waals surface area contributed by atoms with E-state index in [4.69, 9.17) is 0 Å². The van der Waals surface area contributed by atoms with Crippen molar-refractivity contribution in [3.63, 3.8) is 0 Å². The summed E-state index contributed by atoms with van der Waals surface area (Å²) in [4.78, 5) is 29.0. The number of nitrogens with zero attached hydrogens (tertiary/aromatic N) is 3. The molecule has 0 saturated heterocycles. The Morgan fingerprint density at radius 2 is 1.73 bits per heavy atom. The fourth-order valence-electron chi connectivity index (χ4n) is 3.04. The van der Waals surface area contributed by atoms with Crippen LogP contribution in [0.1, 0.15) is 10.4 Å². The standard InChI is InChI=1S/C23H16F3N5O2/c24-17-8-9-18(21(26)20(17)25)29-19(32)12-28-23(33)16-13-31(15-6-2-1-3-7-15)30-22(16)14-5-4-10-27-11-14/h1-11,13H,12H2,(H,28,33)(H,29,32).